The number of furan rings is 1. The fraction of sp³-hybridized carbons (Fsp3) is 0. The second-order valence-electron chi connectivity index (χ2n) is 10.1. The number of hydrazine groups is 1. The van der Waals surface area contributed by atoms with Crippen LogP contribution in [0.4, 0.5) is 0 Å². The van der Waals surface area contributed by atoms with Gasteiger partial charge < -0.3 is 4.42 Å². The van der Waals surface area contributed by atoms with E-state index in [2.05, 4.69) is 100 Å². The third-order valence-electron chi connectivity index (χ3n) is 7.90. The van der Waals surface area contributed by atoms with Gasteiger partial charge in [-0.2, -0.15) is 0 Å². The van der Waals surface area contributed by atoms with Gasteiger partial charge in [-0.25, -0.2) is 4.98 Å². The molecule has 0 saturated carbocycles. The monoisotopic (exact) mass is 515 g/mol. The molecular formula is C34H21N5O. The molecule has 2 N–H and O–H groups in total. The predicted octanol–water partition coefficient (Wildman–Crippen LogP) is 5.52. The summed E-state index contributed by atoms with van der Waals surface area (Å²) in [5, 5.41) is 8.54. The van der Waals surface area contributed by atoms with Gasteiger partial charge >= 0.3 is 0 Å². The molecule has 188 valence electrons. The Hall–Kier alpha value is -5.62. The maximum absolute atomic E-state index is 6.18. The van der Waals surface area contributed by atoms with E-state index < -0.39 is 0 Å². The molecule has 0 unspecified atom stereocenters. The molecule has 0 fully saturated rings. The highest BCUT2D eigenvalue weighted by molar-refractivity contribution is 6.14. The molecule has 0 bridgehead atoms. The van der Waals surface area contributed by atoms with Crippen LogP contribution in [0, 0.1) is 0 Å². The van der Waals surface area contributed by atoms with Gasteiger partial charge in [-0.15, -0.1) is 0 Å². The van der Waals surface area contributed by atoms with E-state index in [9.17, 15) is 0 Å². The third-order valence-corrected chi connectivity index (χ3v) is 7.90. The average molecular weight is 516 g/mol. The molecule has 6 nitrogen and oxygen atoms in total. The van der Waals surface area contributed by atoms with Crippen molar-refractivity contribution in [2.45, 2.75) is 0 Å². The van der Waals surface area contributed by atoms with Crippen LogP contribution in [0.15, 0.2) is 120 Å². The molecule has 0 amide bonds. The Kier molecular flexibility index (Phi) is 4.24. The third kappa shape index (κ3) is 2.93. The molecule has 8 aromatic rings. The molecule has 3 aromatic heterocycles. The number of hydrogen-bond acceptors (Lipinski definition) is 5. The summed E-state index contributed by atoms with van der Waals surface area (Å²) in [5.41, 5.74) is 12.7. The zero-order chi connectivity index (χ0) is 26.2. The van der Waals surface area contributed by atoms with Crippen LogP contribution >= 0.6 is 0 Å². The Morgan fingerprint density at radius 3 is 2.17 bits per heavy atom. The van der Waals surface area contributed by atoms with Gasteiger partial charge in [0.25, 0.3) is 0 Å². The van der Waals surface area contributed by atoms with Crippen molar-refractivity contribution in [2.24, 2.45) is 0 Å². The predicted molar refractivity (Wildman–Crippen MR) is 160 cm³/mol. The first kappa shape index (κ1) is 21.3. The number of nitrogens with one attached hydrogen (secondary N) is 2. The molecular weight excluding hydrogens is 494 g/mol. The van der Waals surface area contributed by atoms with Gasteiger partial charge in [-0.3, -0.25) is 20.4 Å². The van der Waals surface area contributed by atoms with Crippen LogP contribution in [-0.4, -0.2) is 14.5 Å². The molecule has 0 spiro atoms. The minimum atomic E-state index is 0.775. The lowest BCUT2D eigenvalue weighted by molar-refractivity contribution is 0.668. The van der Waals surface area contributed by atoms with Crippen LogP contribution in [0.3, 0.4) is 0 Å². The quantitative estimate of drug-likeness (QED) is 0.318. The molecule has 5 aromatic carbocycles. The van der Waals surface area contributed by atoms with Crippen molar-refractivity contribution >= 4 is 66.0 Å². The number of nitrogens with zero attached hydrogens (tertiary/aromatic N) is 3. The second-order valence-corrected chi connectivity index (χ2v) is 10.1. The largest absolute Gasteiger partial charge is 0.456 e. The molecule has 4 heterocycles. The fourth-order valence-electron chi connectivity index (χ4n) is 6.08. The average Bonchev–Trinajstić information content (AvgIpc) is 3.54. The topological polar surface area (TPSA) is 67.9 Å². The van der Waals surface area contributed by atoms with Gasteiger partial charge in [-0.05, 0) is 47.2 Å². The molecule has 6 heteroatoms. The van der Waals surface area contributed by atoms with E-state index in [1.807, 2.05) is 18.2 Å². The van der Waals surface area contributed by atoms with Crippen molar-refractivity contribution in [1.29, 1.82) is 0 Å². The van der Waals surface area contributed by atoms with E-state index in [1.165, 1.54) is 21.5 Å². The lowest BCUT2D eigenvalue weighted by atomic mass is 10.1. The van der Waals surface area contributed by atoms with Crippen LogP contribution in [0.2, 0.25) is 0 Å². The molecule has 1 aliphatic heterocycles. The van der Waals surface area contributed by atoms with Crippen LogP contribution in [0.5, 0.6) is 0 Å². The van der Waals surface area contributed by atoms with Crippen molar-refractivity contribution in [3.05, 3.63) is 132 Å². The molecule has 0 saturated heterocycles. The summed E-state index contributed by atoms with van der Waals surface area (Å²) in [6.45, 7) is 0. The van der Waals surface area contributed by atoms with Crippen LogP contribution in [0.1, 0.15) is 5.56 Å². The maximum Gasteiger partial charge on any atom is 0.158 e. The number of para-hydroxylation sites is 2. The maximum atomic E-state index is 6.18. The van der Waals surface area contributed by atoms with Gasteiger partial charge in [-0.1, -0.05) is 66.7 Å². The molecule has 9 rings (SSSR count). The highest BCUT2D eigenvalue weighted by Gasteiger charge is 2.21. The van der Waals surface area contributed by atoms with Crippen molar-refractivity contribution < 1.29 is 4.42 Å². The van der Waals surface area contributed by atoms with Gasteiger partial charge in [0.1, 0.15) is 21.9 Å². The number of hydrogen-bond donors (Lipinski definition) is 2. The van der Waals surface area contributed by atoms with Gasteiger partial charge in [0, 0.05) is 39.5 Å². The van der Waals surface area contributed by atoms with E-state index >= 15 is 0 Å². The SMILES string of the molecule is c1ccc2cc3c(cc2c1)c1ccccc1n3C1=c2nccnc2=C(c2ccc3c(c2)oc2ccccc23)NN1. The lowest BCUT2D eigenvalue weighted by Crippen LogP contribution is -2.51. The van der Waals surface area contributed by atoms with Gasteiger partial charge in [0.15, 0.2) is 5.82 Å². The Morgan fingerprint density at radius 2 is 1.27 bits per heavy atom. The van der Waals surface area contributed by atoms with Crippen molar-refractivity contribution in [2.75, 3.05) is 0 Å². The lowest BCUT2D eigenvalue weighted by Gasteiger charge is -2.22. The summed E-state index contributed by atoms with van der Waals surface area (Å²) in [6.07, 6.45) is 3.48. The van der Waals surface area contributed by atoms with E-state index in [1.54, 1.807) is 12.4 Å². The van der Waals surface area contributed by atoms with E-state index in [0.717, 1.165) is 60.8 Å². The van der Waals surface area contributed by atoms with Gasteiger partial charge in [0.2, 0.25) is 0 Å². The number of benzene rings is 5. The second kappa shape index (κ2) is 7.94. The van der Waals surface area contributed by atoms with Crippen molar-refractivity contribution in [3.63, 3.8) is 0 Å². The standard InChI is InChI=1S/C34H21N5O/c1-2-8-21-18-28-26(17-20(21)7-1)23-9-3-5-11-27(23)39(28)34-33-32(35-15-16-36-33)31(37-38-34)22-13-14-25-24-10-4-6-12-29(24)40-30(25)19-22/h1-19,37-38H. The van der Waals surface area contributed by atoms with Crippen LogP contribution < -0.4 is 21.5 Å². The number of fused-ring (bicyclic) bond motifs is 8. The van der Waals surface area contributed by atoms with E-state index in [-0.39, 0.29) is 0 Å². The zero-order valence-electron chi connectivity index (χ0n) is 21.2. The highest BCUT2D eigenvalue weighted by atomic mass is 16.3. The molecule has 1 aliphatic rings. The van der Waals surface area contributed by atoms with Crippen LogP contribution in [-0.2, 0) is 0 Å². The van der Waals surface area contributed by atoms with Crippen LogP contribution in [0.25, 0.3) is 66.0 Å². The summed E-state index contributed by atoms with van der Waals surface area (Å²) < 4.78 is 8.42. The minimum Gasteiger partial charge on any atom is -0.456 e. The summed E-state index contributed by atoms with van der Waals surface area (Å²) in [6, 6.07) is 35.9. The highest BCUT2D eigenvalue weighted by Crippen LogP contribution is 2.34. The first-order valence-corrected chi connectivity index (χ1v) is 13.3. The number of rotatable bonds is 2. The normalized spacial score (nSPS) is 13.3. The summed E-state index contributed by atoms with van der Waals surface area (Å²) in [4.78, 5) is 9.64. The summed E-state index contributed by atoms with van der Waals surface area (Å²) in [5.74, 6) is 0.832. The molecule has 40 heavy (non-hydrogen) atoms. The van der Waals surface area contributed by atoms with E-state index in [0.29, 0.717) is 0 Å². The van der Waals surface area contributed by atoms with E-state index in [4.69, 9.17) is 14.4 Å². The summed E-state index contributed by atoms with van der Waals surface area (Å²) in [7, 11) is 0. The Morgan fingerprint density at radius 1 is 0.550 bits per heavy atom. The first-order chi connectivity index (χ1) is 19.8. The number of aromatic nitrogens is 3. The smallest absolute Gasteiger partial charge is 0.158 e. The van der Waals surface area contributed by atoms with Crippen molar-refractivity contribution in [3.8, 4) is 0 Å². The molecule has 0 atom stereocenters. The van der Waals surface area contributed by atoms with Gasteiger partial charge in [0.05, 0.1) is 16.7 Å². The Bertz CT molecular complexity index is 2450. The fourth-order valence-corrected chi connectivity index (χ4v) is 6.08. The molecule has 0 radical (unpaired) electrons. The van der Waals surface area contributed by atoms with Crippen molar-refractivity contribution in [1.82, 2.24) is 25.4 Å². The zero-order valence-corrected chi connectivity index (χ0v) is 21.2. The Labute approximate surface area is 227 Å². The Balaban J connectivity index is 1.36. The molecule has 0 aliphatic carbocycles. The summed E-state index contributed by atoms with van der Waals surface area (Å²) >= 11 is 0. The minimum absolute atomic E-state index is 0.775. The first-order valence-electron chi connectivity index (χ1n) is 13.3.